The topological polar surface area (TPSA) is 35.5 Å². The molecule has 2 fully saturated rings. The Morgan fingerprint density at radius 1 is 1.12 bits per heavy atom. The quantitative estimate of drug-likeness (QED) is 0.559. The van der Waals surface area contributed by atoms with Crippen LogP contribution in [-0.2, 0) is 14.3 Å². The minimum atomic E-state index is -0.178. The molecule has 3 heteroatoms. The van der Waals surface area contributed by atoms with E-state index in [1.54, 1.807) is 0 Å². The molecule has 0 aromatic heterocycles. The van der Waals surface area contributed by atoms with Gasteiger partial charge in [0.25, 0.3) is 0 Å². The van der Waals surface area contributed by atoms with Gasteiger partial charge in [-0.2, -0.15) is 0 Å². The van der Waals surface area contributed by atoms with Crippen LogP contribution in [0.4, 0.5) is 0 Å². The van der Waals surface area contributed by atoms with Crippen molar-refractivity contribution in [1.82, 2.24) is 0 Å². The lowest BCUT2D eigenvalue weighted by Gasteiger charge is -2.43. The number of hydrogen-bond donors (Lipinski definition) is 0. The van der Waals surface area contributed by atoms with Crippen LogP contribution in [0.15, 0.2) is 0 Å². The van der Waals surface area contributed by atoms with E-state index in [1.807, 2.05) is 0 Å². The molecule has 2 aliphatic rings. The zero-order chi connectivity index (χ0) is 12.1. The van der Waals surface area contributed by atoms with Crippen LogP contribution in [0.2, 0.25) is 0 Å². The average Bonchev–Trinajstić information content (AvgIpc) is 2.54. The summed E-state index contributed by atoms with van der Waals surface area (Å²) in [6.07, 6.45) is 11.6. The van der Waals surface area contributed by atoms with Gasteiger partial charge in [0.2, 0.25) is 0 Å². The number of hydrogen-bond acceptors (Lipinski definition) is 3. The Morgan fingerprint density at radius 3 is 2.24 bits per heavy atom. The van der Waals surface area contributed by atoms with E-state index >= 15 is 0 Å². The van der Waals surface area contributed by atoms with Crippen molar-refractivity contribution in [3.05, 3.63) is 0 Å². The Labute approximate surface area is 104 Å². The lowest BCUT2D eigenvalue weighted by atomic mass is 9.77. The first-order valence-corrected chi connectivity index (χ1v) is 6.99. The molecule has 17 heavy (non-hydrogen) atoms. The third kappa shape index (κ3) is 3.44. The number of ether oxygens (including phenoxy) is 2. The van der Waals surface area contributed by atoms with Crippen LogP contribution < -0.4 is 0 Å². The average molecular weight is 240 g/mol. The monoisotopic (exact) mass is 240 g/mol. The largest absolute Gasteiger partial charge is 0.469 e. The molecular formula is C14H24O3. The number of carbonyl (C=O) groups is 1. The van der Waals surface area contributed by atoms with E-state index < -0.39 is 0 Å². The highest BCUT2D eigenvalue weighted by Crippen LogP contribution is 2.41. The lowest BCUT2D eigenvalue weighted by Crippen LogP contribution is -2.45. The molecule has 0 aliphatic heterocycles. The number of rotatable bonds is 4. The van der Waals surface area contributed by atoms with Crippen molar-refractivity contribution >= 4 is 5.97 Å². The van der Waals surface area contributed by atoms with Gasteiger partial charge in [0.1, 0.15) is 0 Å². The predicted octanol–water partition coefficient (Wildman–Crippen LogP) is 3.21. The van der Waals surface area contributed by atoms with E-state index in [0.29, 0.717) is 12.5 Å². The van der Waals surface area contributed by atoms with Crippen molar-refractivity contribution in [2.24, 2.45) is 0 Å². The summed E-state index contributed by atoms with van der Waals surface area (Å²) in [4.78, 5) is 11.4. The summed E-state index contributed by atoms with van der Waals surface area (Å²) in [5.74, 6) is -0.127. The molecule has 0 unspecified atom stereocenters. The van der Waals surface area contributed by atoms with Gasteiger partial charge < -0.3 is 9.47 Å². The Balaban J connectivity index is 1.87. The van der Waals surface area contributed by atoms with E-state index in [4.69, 9.17) is 9.47 Å². The van der Waals surface area contributed by atoms with Crippen molar-refractivity contribution in [3.63, 3.8) is 0 Å². The minimum Gasteiger partial charge on any atom is -0.469 e. The molecule has 0 bridgehead atoms. The second kappa shape index (κ2) is 5.85. The molecule has 0 N–H and O–H groups in total. The molecule has 0 aromatic carbocycles. The van der Waals surface area contributed by atoms with Crippen LogP contribution in [0, 0.1) is 0 Å². The van der Waals surface area contributed by atoms with Gasteiger partial charge in [-0.15, -0.1) is 0 Å². The van der Waals surface area contributed by atoms with Gasteiger partial charge in [0, 0.05) is 0 Å². The van der Waals surface area contributed by atoms with E-state index in [-0.39, 0.29) is 11.6 Å². The molecule has 0 aromatic rings. The Bertz CT molecular complexity index is 250. The van der Waals surface area contributed by atoms with E-state index in [9.17, 15) is 4.79 Å². The van der Waals surface area contributed by atoms with Gasteiger partial charge >= 0.3 is 5.97 Å². The van der Waals surface area contributed by atoms with Gasteiger partial charge in [-0.05, 0) is 32.1 Å². The Morgan fingerprint density at radius 2 is 1.76 bits per heavy atom. The summed E-state index contributed by atoms with van der Waals surface area (Å²) in [5.41, 5.74) is -0.178. The molecule has 2 saturated carbocycles. The summed E-state index contributed by atoms with van der Waals surface area (Å²) < 4.78 is 11.0. The second-order valence-electron chi connectivity index (χ2n) is 5.52. The zero-order valence-electron chi connectivity index (χ0n) is 10.9. The molecule has 2 rings (SSSR count). The van der Waals surface area contributed by atoms with Gasteiger partial charge in [-0.1, -0.05) is 25.7 Å². The van der Waals surface area contributed by atoms with Crippen LogP contribution in [-0.4, -0.2) is 24.8 Å². The molecule has 0 amide bonds. The highest BCUT2D eigenvalue weighted by Gasteiger charge is 2.42. The van der Waals surface area contributed by atoms with Crippen molar-refractivity contribution in [1.29, 1.82) is 0 Å². The maximum atomic E-state index is 11.4. The second-order valence-corrected chi connectivity index (χ2v) is 5.52. The normalized spacial score (nSPS) is 24.8. The summed E-state index contributed by atoms with van der Waals surface area (Å²) in [7, 11) is 1.46. The minimum absolute atomic E-state index is 0.127. The number of methoxy groups -OCH3 is 1. The third-order valence-electron chi connectivity index (χ3n) is 4.18. The first-order chi connectivity index (χ1) is 8.24. The predicted molar refractivity (Wildman–Crippen MR) is 65.8 cm³/mol. The fraction of sp³-hybridized carbons (Fsp3) is 0.929. The van der Waals surface area contributed by atoms with Crippen LogP contribution in [0.5, 0.6) is 0 Å². The SMILES string of the molecule is COC(=O)CC1(OC2CCCCCC2)CCC1. The van der Waals surface area contributed by atoms with Crippen molar-refractivity contribution < 1.29 is 14.3 Å². The Hall–Kier alpha value is -0.570. The number of carbonyl (C=O) groups excluding carboxylic acids is 1. The highest BCUT2D eigenvalue weighted by molar-refractivity contribution is 5.70. The van der Waals surface area contributed by atoms with Crippen molar-refractivity contribution in [3.8, 4) is 0 Å². The molecule has 98 valence electrons. The fourth-order valence-electron chi connectivity index (χ4n) is 2.96. The molecule has 0 saturated heterocycles. The first kappa shape index (κ1) is 12.9. The smallest absolute Gasteiger partial charge is 0.308 e. The standard InChI is InChI=1S/C14H24O3/c1-16-13(15)11-14(9-6-10-14)17-12-7-4-2-3-5-8-12/h12H,2-11H2,1H3. The van der Waals surface area contributed by atoms with E-state index in [2.05, 4.69) is 0 Å². The van der Waals surface area contributed by atoms with Gasteiger partial charge in [0.05, 0.1) is 25.2 Å². The van der Waals surface area contributed by atoms with Crippen LogP contribution >= 0.6 is 0 Å². The zero-order valence-corrected chi connectivity index (χ0v) is 10.9. The van der Waals surface area contributed by atoms with Crippen molar-refractivity contribution in [2.45, 2.75) is 75.9 Å². The lowest BCUT2D eigenvalue weighted by molar-refractivity contribution is -0.170. The van der Waals surface area contributed by atoms with Gasteiger partial charge in [0.15, 0.2) is 0 Å². The molecule has 3 nitrogen and oxygen atoms in total. The first-order valence-electron chi connectivity index (χ1n) is 6.99. The molecular weight excluding hydrogens is 216 g/mol. The maximum absolute atomic E-state index is 11.4. The summed E-state index contributed by atoms with van der Waals surface area (Å²) in [6, 6.07) is 0. The third-order valence-corrected chi connectivity index (χ3v) is 4.18. The summed E-state index contributed by atoms with van der Waals surface area (Å²) in [6.45, 7) is 0. The summed E-state index contributed by atoms with van der Waals surface area (Å²) in [5, 5.41) is 0. The van der Waals surface area contributed by atoms with Gasteiger partial charge in [-0.3, -0.25) is 4.79 Å². The molecule has 0 atom stereocenters. The van der Waals surface area contributed by atoms with Crippen LogP contribution in [0.1, 0.15) is 64.2 Å². The highest BCUT2D eigenvalue weighted by atomic mass is 16.5. The number of esters is 1. The Kier molecular flexibility index (Phi) is 4.43. The van der Waals surface area contributed by atoms with E-state index in [1.165, 1.54) is 52.1 Å². The van der Waals surface area contributed by atoms with Crippen LogP contribution in [0.25, 0.3) is 0 Å². The fourth-order valence-corrected chi connectivity index (χ4v) is 2.96. The molecule has 2 aliphatic carbocycles. The van der Waals surface area contributed by atoms with Crippen molar-refractivity contribution in [2.75, 3.05) is 7.11 Å². The van der Waals surface area contributed by atoms with Crippen LogP contribution in [0.3, 0.4) is 0 Å². The molecule has 0 heterocycles. The summed E-state index contributed by atoms with van der Waals surface area (Å²) >= 11 is 0. The molecule has 0 spiro atoms. The van der Waals surface area contributed by atoms with Gasteiger partial charge in [-0.25, -0.2) is 0 Å². The molecule has 0 radical (unpaired) electrons. The van der Waals surface area contributed by atoms with E-state index in [0.717, 1.165) is 12.8 Å². The maximum Gasteiger partial charge on any atom is 0.308 e.